The fraction of sp³-hybridized carbons (Fsp3) is 0. The number of hydrogen-bond donors (Lipinski definition) is 1. The molecule has 0 fully saturated rings. The van der Waals surface area contributed by atoms with Gasteiger partial charge in [-0.1, -0.05) is 6.07 Å². The first kappa shape index (κ1) is 14.9. The third-order valence-electron chi connectivity index (χ3n) is 1.49. The average Bonchev–Trinajstić information content (AvgIpc) is 2.17. The molecule has 0 saturated carbocycles. The maximum Gasteiger partial charge on any atom is 1.00 e. The quantitative estimate of drug-likeness (QED) is 0.458. The molecule has 0 aromatic heterocycles. The van der Waals surface area contributed by atoms with E-state index in [0.29, 0.717) is 0 Å². The normalized spacial score (nSPS) is 11.1. The molecule has 6 nitrogen and oxygen atoms in total. The molecule has 0 spiro atoms. The van der Waals surface area contributed by atoms with Crippen molar-refractivity contribution < 1.29 is 47.9 Å². The minimum absolute atomic E-state index is 0. The van der Waals surface area contributed by atoms with Gasteiger partial charge >= 0.3 is 30.8 Å². The van der Waals surface area contributed by atoms with Gasteiger partial charge in [-0.25, -0.2) is 13.8 Å². The van der Waals surface area contributed by atoms with Crippen molar-refractivity contribution >= 4 is 23.3 Å². The standard InChI is InChI=1S/C8H6O6S.Li.H/c9-7(10)5-2-1-3-6(4-5)8(11)14-15(12)13;;/h1-4H,(H,9,10)(H,12,13);;/q;+1;-1/p-1. The molecule has 0 radical (unpaired) electrons. The summed E-state index contributed by atoms with van der Waals surface area (Å²) in [7, 11) is 0. The van der Waals surface area contributed by atoms with Crippen LogP contribution in [-0.2, 0) is 15.5 Å². The topological polar surface area (TPSA) is 104 Å². The van der Waals surface area contributed by atoms with Crippen molar-refractivity contribution in [3.8, 4) is 0 Å². The van der Waals surface area contributed by atoms with E-state index in [9.17, 15) is 18.4 Å². The molecule has 1 aromatic carbocycles. The van der Waals surface area contributed by atoms with Crippen LogP contribution in [0.1, 0.15) is 22.1 Å². The summed E-state index contributed by atoms with van der Waals surface area (Å²) in [4.78, 5) is 21.5. The molecule has 82 valence electrons. The van der Waals surface area contributed by atoms with E-state index in [0.717, 1.165) is 6.07 Å². The SMILES string of the molecule is O=C(O)c1cccc(C(=O)OS(=O)[O-])c1.[H-].[Li+]. The van der Waals surface area contributed by atoms with Gasteiger partial charge in [0, 0.05) is 0 Å². The van der Waals surface area contributed by atoms with Gasteiger partial charge in [-0.15, -0.1) is 0 Å². The van der Waals surface area contributed by atoms with Gasteiger partial charge in [0.25, 0.3) is 0 Å². The Morgan fingerprint density at radius 3 is 2.44 bits per heavy atom. The van der Waals surface area contributed by atoms with Gasteiger partial charge in [-0.05, 0) is 18.2 Å². The molecule has 1 unspecified atom stereocenters. The minimum atomic E-state index is -2.96. The Morgan fingerprint density at radius 1 is 1.38 bits per heavy atom. The van der Waals surface area contributed by atoms with E-state index in [2.05, 4.69) is 4.18 Å². The number of hydrogen-bond acceptors (Lipinski definition) is 5. The fourth-order valence-corrected chi connectivity index (χ4v) is 1.11. The van der Waals surface area contributed by atoms with E-state index >= 15 is 0 Å². The number of rotatable bonds is 3. The second kappa shape index (κ2) is 6.45. The van der Waals surface area contributed by atoms with Crippen LogP contribution in [0.15, 0.2) is 24.3 Å². The fourth-order valence-electron chi connectivity index (χ4n) is 0.889. The van der Waals surface area contributed by atoms with Gasteiger partial charge in [0.1, 0.15) is 11.4 Å². The first-order valence-corrected chi connectivity index (χ1v) is 4.66. The molecule has 0 aliphatic heterocycles. The average molecular weight is 237 g/mol. The molecule has 1 aromatic rings. The number of carboxylic acids is 1. The summed E-state index contributed by atoms with van der Waals surface area (Å²) >= 11 is -2.96. The maximum absolute atomic E-state index is 11.0. The van der Waals surface area contributed by atoms with Crippen molar-refractivity contribution in [1.29, 1.82) is 0 Å². The van der Waals surface area contributed by atoms with E-state index < -0.39 is 23.3 Å². The molecule has 1 N–H and O–H groups in total. The van der Waals surface area contributed by atoms with Crippen LogP contribution in [0.25, 0.3) is 0 Å². The second-order valence-electron chi connectivity index (χ2n) is 2.46. The van der Waals surface area contributed by atoms with E-state index in [1.165, 1.54) is 18.2 Å². The van der Waals surface area contributed by atoms with Gasteiger partial charge < -0.3 is 15.3 Å². The first-order valence-electron chi connectivity index (χ1n) is 3.66. The molecule has 1 rings (SSSR count). The number of carbonyl (C=O) groups excluding carboxylic acids is 1. The van der Waals surface area contributed by atoms with Crippen LogP contribution in [0.4, 0.5) is 0 Å². The predicted octanol–water partition coefficient (Wildman–Crippen LogP) is -2.55. The summed E-state index contributed by atoms with van der Waals surface area (Å²) < 4.78 is 23.9. The van der Waals surface area contributed by atoms with Gasteiger partial charge in [-0.2, -0.15) is 0 Å². The van der Waals surface area contributed by atoms with Crippen molar-refractivity contribution in [3.63, 3.8) is 0 Å². The molecule has 0 saturated heterocycles. The molecule has 1 atom stereocenters. The van der Waals surface area contributed by atoms with Crippen molar-refractivity contribution in [2.75, 3.05) is 0 Å². The number of benzene rings is 1. The minimum Gasteiger partial charge on any atom is -1.00 e. The van der Waals surface area contributed by atoms with Crippen LogP contribution in [0.2, 0.25) is 0 Å². The van der Waals surface area contributed by atoms with Crippen LogP contribution in [-0.4, -0.2) is 25.8 Å². The molecule has 8 heteroatoms. The third kappa shape index (κ3) is 4.16. The van der Waals surface area contributed by atoms with Crippen LogP contribution in [0, 0.1) is 0 Å². The Bertz CT molecular complexity index is 438. The Balaban J connectivity index is 0. The summed E-state index contributed by atoms with van der Waals surface area (Å²) in [6, 6.07) is 4.86. The van der Waals surface area contributed by atoms with Gasteiger partial charge in [0.15, 0.2) is 0 Å². The Labute approximate surface area is 107 Å². The summed E-state index contributed by atoms with van der Waals surface area (Å²) in [5.74, 6) is -2.33. The van der Waals surface area contributed by atoms with Crippen LogP contribution in [0.3, 0.4) is 0 Å². The number of carbonyl (C=O) groups is 2. The molecular weight excluding hydrogens is 231 g/mol. The van der Waals surface area contributed by atoms with E-state index in [1.807, 2.05) is 0 Å². The summed E-state index contributed by atoms with van der Waals surface area (Å²) in [5.41, 5.74) is -0.264. The third-order valence-corrected chi connectivity index (χ3v) is 1.78. The molecule has 0 heterocycles. The first-order chi connectivity index (χ1) is 7.00. The second-order valence-corrected chi connectivity index (χ2v) is 3.04. The summed E-state index contributed by atoms with van der Waals surface area (Å²) in [6.07, 6.45) is 0. The van der Waals surface area contributed by atoms with Gasteiger partial charge in [-0.3, -0.25) is 0 Å². The van der Waals surface area contributed by atoms with Crippen LogP contribution < -0.4 is 18.9 Å². The molecule has 16 heavy (non-hydrogen) atoms. The monoisotopic (exact) mass is 237 g/mol. The van der Waals surface area contributed by atoms with Crippen molar-refractivity contribution in [1.82, 2.24) is 0 Å². The van der Waals surface area contributed by atoms with E-state index in [-0.39, 0.29) is 31.4 Å². The number of aromatic carboxylic acids is 1. The van der Waals surface area contributed by atoms with Crippen LogP contribution >= 0.6 is 0 Å². The zero-order valence-corrected chi connectivity index (χ0v) is 9.02. The predicted molar refractivity (Wildman–Crippen MR) is 48.8 cm³/mol. The molecular formula is C8H6LiO6S-. The van der Waals surface area contributed by atoms with E-state index in [1.54, 1.807) is 0 Å². The number of carboxylic acid groups (broad SMARTS) is 1. The van der Waals surface area contributed by atoms with Crippen molar-refractivity contribution in [2.24, 2.45) is 0 Å². The maximum atomic E-state index is 11.0. The van der Waals surface area contributed by atoms with Crippen LogP contribution in [0.5, 0.6) is 0 Å². The zero-order chi connectivity index (χ0) is 11.4. The Morgan fingerprint density at radius 2 is 1.94 bits per heavy atom. The molecule has 0 aliphatic rings. The molecule has 0 amide bonds. The molecule has 0 bridgehead atoms. The largest absolute Gasteiger partial charge is 1.00 e. The van der Waals surface area contributed by atoms with Crippen molar-refractivity contribution in [3.05, 3.63) is 35.4 Å². The van der Waals surface area contributed by atoms with E-state index in [4.69, 9.17) is 5.11 Å². The summed E-state index contributed by atoms with van der Waals surface area (Å²) in [6.45, 7) is 0. The summed E-state index contributed by atoms with van der Waals surface area (Å²) in [5, 5.41) is 8.60. The molecule has 0 aliphatic carbocycles. The Hall–Kier alpha value is -1.13. The van der Waals surface area contributed by atoms with Gasteiger partial charge in [0.2, 0.25) is 0 Å². The Kier molecular flexibility index (Phi) is 5.99. The smallest absolute Gasteiger partial charge is 1.00 e. The zero-order valence-electron chi connectivity index (χ0n) is 9.21. The van der Waals surface area contributed by atoms with Crippen molar-refractivity contribution in [2.45, 2.75) is 0 Å². The van der Waals surface area contributed by atoms with Gasteiger partial charge in [0.05, 0.1) is 11.1 Å².